The predicted molar refractivity (Wildman–Crippen MR) is 57.3 cm³/mol. The molecule has 0 saturated carbocycles. The molecule has 0 aliphatic rings. The van der Waals surface area contributed by atoms with E-state index in [1.54, 1.807) is 6.20 Å². The molecule has 0 aliphatic carbocycles. The van der Waals surface area contributed by atoms with Gasteiger partial charge in [-0.2, -0.15) is 0 Å². The lowest BCUT2D eigenvalue weighted by Gasteiger charge is -2.05. The van der Waals surface area contributed by atoms with E-state index in [2.05, 4.69) is 15.0 Å². The number of H-pyrrole nitrogens is 1. The Hall–Kier alpha value is -1.97. The number of nitrogens with one attached hydrogen (secondary N) is 1. The van der Waals surface area contributed by atoms with Crippen molar-refractivity contribution in [3.63, 3.8) is 0 Å². The van der Waals surface area contributed by atoms with Crippen LogP contribution in [0, 0.1) is 0 Å². The fourth-order valence-corrected chi connectivity index (χ4v) is 1.63. The minimum atomic E-state index is -0.522. The van der Waals surface area contributed by atoms with Crippen molar-refractivity contribution in [2.75, 3.05) is 6.61 Å². The van der Waals surface area contributed by atoms with Crippen molar-refractivity contribution in [1.82, 2.24) is 4.98 Å². The van der Waals surface area contributed by atoms with Gasteiger partial charge >= 0.3 is 0 Å². The predicted octanol–water partition coefficient (Wildman–Crippen LogP) is 2.51. The molecule has 0 amide bonds. The van der Waals surface area contributed by atoms with E-state index in [-0.39, 0.29) is 6.61 Å². The zero-order valence-corrected chi connectivity index (χ0v) is 7.96. The number of aromatic nitrogens is 1. The number of hydrogen-bond acceptors (Lipinski definition) is 2. The number of nitrogens with zero attached hydrogens (tertiary/aromatic N) is 3. The first-order chi connectivity index (χ1) is 7.36. The van der Waals surface area contributed by atoms with Gasteiger partial charge in [-0.25, -0.2) is 0 Å². The number of aromatic amines is 1. The maximum Gasteiger partial charge on any atom is 0.0876 e. The summed E-state index contributed by atoms with van der Waals surface area (Å²) in [6.07, 6.45) is 1.76. The first-order valence-corrected chi connectivity index (χ1v) is 4.58. The molecule has 1 unspecified atom stereocenters. The van der Waals surface area contributed by atoms with Gasteiger partial charge in [-0.05, 0) is 17.2 Å². The van der Waals surface area contributed by atoms with Gasteiger partial charge in [0.1, 0.15) is 0 Å². The van der Waals surface area contributed by atoms with Gasteiger partial charge in [0.15, 0.2) is 0 Å². The molecule has 0 radical (unpaired) electrons. The molecule has 2 N–H and O–H groups in total. The van der Waals surface area contributed by atoms with Crippen LogP contribution in [0.2, 0.25) is 0 Å². The lowest BCUT2D eigenvalue weighted by Crippen LogP contribution is -1.98. The standard InChI is InChI=1S/C10H10N4O/c11-14-13-10(6-15)8-5-12-9-4-2-1-3-7(8)9/h1-5,10,12,15H,6H2. The SMILES string of the molecule is [N-]=[N+]=NC(CO)c1c[nH]c2ccccc12. The molecule has 1 heterocycles. The van der Waals surface area contributed by atoms with Crippen LogP contribution in [0.5, 0.6) is 0 Å². The molecule has 1 aromatic carbocycles. The summed E-state index contributed by atoms with van der Waals surface area (Å²) in [5.41, 5.74) is 10.2. The van der Waals surface area contributed by atoms with Crippen molar-refractivity contribution in [1.29, 1.82) is 0 Å². The van der Waals surface area contributed by atoms with Crippen LogP contribution >= 0.6 is 0 Å². The number of aliphatic hydroxyl groups excluding tert-OH is 1. The fourth-order valence-electron chi connectivity index (χ4n) is 1.63. The first-order valence-electron chi connectivity index (χ1n) is 4.58. The summed E-state index contributed by atoms with van der Waals surface area (Å²) >= 11 is 0. The van der Waals surface area contributed by atoms with E-state index in [1.807, 2.05) is 24.3 Å². The smallest absolute Gasteiger partial charge is 0.0876 e. The summed E-state index contributed by atoms with van der Waals surface area (Å²) in [6.45, 7) is -0.189. The van der Waals surface area contributed by atoms with Gasteiger partial charge in [0, 0.05) is 22.0 Å². The molecule has 5 heteroatoms. The molecular formula is C10H10N4O. The Labute approximate surface area is 86.0 Å². The topological polar surface area (TPSA) is 84.8 Å². The fraction of sp³-hybridized carbons (Fsp3) is 0.200. The van der Waals surface area contributed by atoms with Crippen molar-refractivity contribution < 1.29 is 5.11 Å². The third-order valence-corrected chi connectivity index (χ3v) is 2.34. The van der Waals surface area contributed by atoms with Gasteiger partial charge < -0.3 is 10.1 Å². The quantitative estimate of drug-likeness (QED) is 0.447. The summed E-state index contributed by atoms with van der Waals surface area (Å²) in [7, 11) is 0. The average Bonchev–Trinajstić information content (AvgIpc) is 2.70. The molecule has 0 saturated heterocycles. The summed E-state index contributed by atoms with van der Waals surface area (Å²) in [5, 5.41) is 13.6. The van der Waals surface area contributed by atoms with Gasteiger partial charge in [-0.3, -0.25) is 0 Å². The third-order valence-electron chi connectivity index (χ3n) is 2.34. The molecule has 0 bridgehead atoms. The summed E-state index contributed by atoms with van der Waals surface area (Å²) in [6, 6.07) is 7.17. The highest BCUT2D eigenvalue weighted by Crippen LogP contribution is 2.26. The number of para-hydroxylation sites is 1. The average molecular weight is 202 g/mol. The van der Waals surface area contributed by atoms with Crippen LogP contribution in [0.15, 0.2) is 35.6 Å². The number of benzene rings is 1. The molecule has 0 fully saturated rings. The van der Waals surface area contributed by atoms with Crippen LogP contribution in [-0.2, 0) is 0 Å². The van der Waals surface area contributed by atoms with Crippen LogP contribution < -0.4 is 0 Å². The number of azide groups is 1. The Balaban J connectivity index is 2.55. The molecule has 5 nitrogen and oxygen atoms in total. The van der Waals surface area contributed by atoms with Crippen LogP contribution in [0.1, 0.15) is 11.6 Å². The zero-order valence-electron chi connectivity index (χ0n) is 7.96. The number of fused-ring (bicyclic) bond motifs is 1. The molecule has 15 heavy (non-hydrogen) atoms. The lowest BCUT2D eigenvalue weighted by molar-refractivity contribution is 0.268. The van der Waals surface area contributed by atoms with E-state index in [0.29, 0.717) is 0 Å². The van der Waals surface area contributed by atoms with Crippen molar-refractivity contribution in [2.24, 2.45) is 5.11 Å². The second kappa shape index (κ2) is 4.04. The summed E-state index contributed by atoms with van der Waals surface area (Å²) in [4.78, 5) is 5.79. The normalized spacial score (nSPS) is 12.3. The Kier molecular flexibility index (Phi) is 2.58. The number of aliphatic hydroxyl groups is 1. The van der Waals surface area contributed by atoms with E-state index in [1.165, 1.54) is 0 Å². The second-order valence-corrected chi connectivity index (χ2v) is 3.19. The summed E-state index contributed by atoms with van der Waals surface area (Å²) in [5.74, 6) is 0. The van der Waals surface area contributed by atoms with Crippen molar-refractivity contribution in [3.05, 3.63) is 46.5 Å². The first kappa shape index (κ1) is 9.58. The zero-order chi connectivity index (χ0) is 10.7. The molecule has 1 atom stereocenters. The van der Waals surface area contributed by atoms with Crippen LogP contribution in [-0.4, -0.2) is 16.7 Å². The Bertz CT molecular complexity index is 513. The molecule has 0 spiro atoms. The highest BCUT2D eigenvalue weighted by atomic mass is 16.3. The van der Waals surface area contributed by atoms with E-state index in [4.69, 9.17) is 10.6 Å². The Morgan fingerprint density at radius 3 is 3.00 bits per heavy atom. The van der Waals surface area contributed by atoms with Gasteiger partial charge in [0.25, 0.3) is 0 Å². The molecule has 2 rings (SSSR count). The largest absolute Gasteiger partial charge is 0.396 e. The van der Waals surface area contributed by atoms with Crippen LogP contribution in [0.3, 0.4) is 0 Å². The lowest BCUT2D eigenvalue weighted by atomic mass is 10.1. The highest BCUT2D eigenvalue weighted by Gasteiger charge is 2.12. The number of hydrogen-bond donors (Lipinski definition) is 2. The molecule has 0 aliphatic heterocycles. The highest BCUT2D eigenvalue weighted by molar-refractivity contribution is 5.83. The summed E-state index contributed by atoms with van der Waals surface area (Å²) < 4.78 is 0. The molecule has 1 aromatic heterocycles. The van der Waals surface area contributed by atoms with Crippen molar-refractivity contribution in [3.8, 4) is 0 Å². The van der Waals surface area contributed by atoms with Crippen LogP contribution in [0.25, 0.3) is 21.3 Å². The number of rotatable bonds is 3. The maximum absolute atomic E-state index is 9.11. The van der Waals surface area contributed by atoms with Gasteiger partial charge in [0.05, 0.1) is 12.6 Å². The van der Waals surface area contributed by atoms with E-state index in [0.717, 1.165) is 16.5 Å². The van der Waals surface area contributed by atoms with Gasteiger partial charge in [-0.1, -0.05) is 23.3 Å². The van der Waals surface area contributed by atoms with Crippen LogP contribution in [0.4, 0.5) is 0 Å². The molecule has 76 valence electrons. The van der Waals surface area contributed by atoms with Gasteiger partial charge in [0.2, 0.25) is 0 Å². The van der Waals surface area contributed by atoms with E-state index >= 15 is 0 Å². The second-order valence-electron chi connectivity index (χ2n) is 3.19. The molecule has 2 aromatic rings. The van der Waals surface area contributed by atoms with Gasteiger partial charge in [-0.15, -0.1) is 0 Å². The minimum absolute atomic E-state index is 0.189. The van der Waals surface area contributed by atoms with Crippen molar-refractivity contribution >= 4 is 10.9 Å². The third kappa shape index (κ3) is 1.66. The Morgan fingerprint density at radius 1 is 1.47 bits per heavy atom. The molecular weight excluding hydrogens is 192 g/mol. The Morgan fingerprint density at radius 2 is 2.27 bits per heavy atom. The minimum Gasteiger partial charge on any atom is -0.396 e. The van der Waals surface area contributed by atoms with E-state index < -0.39 is 6.04 Å². The van der Waals surface area contributed by atoms with Crippen molar-refractivity contribution in [2.45, 2.75) is 6.04 Å². The maximum atomic E-state index is 9.11. The monoisotopic (exact) mass is 202 g/mol. The van der Waals surface area contributed by atoms with E-state index in [9.17, 15) is 0 Å².